The van der Waals surface area contributed by atoms with Crippen LogP contribution in [0.5, 0.6) is 0 Å². The molecule has 106 valence electrons. The van der Waals surface area contributed by atoms with Gasteiger partial charge in [0, 0.05) is 12.1 Å². The van der Waals surface area contributed by atoms with E-state index in [-0.39, 0.29) is 0 Å². The van der Waals surface area contributed by atoms with E-state index in [9.17, 15) is 0 Å². The third-order valence-electron chi connectivity index (χ3n) is 3.83. The number of benzene rings is 2. The summed E-state index contributed by atoms with van der Waals surface area (Å²) in [4.78, 5) is 4.70. The zero-order valence-corrected chi connectivity index (χ0v) is 13.1. The van der Waals surface area contributed by atoms with E-state index in [0.29, 0.717) is 0 Å². The molecule has 0 N–H and O–H groups in total. The minimum Gasteiger partial charge on any atom is -0.328 e. The summed E-state index contributed by atoms with van der Waals surface area (Å²) < 4.78 is 2.12. The molecule has 0 saturated heterocycles. The lowest BCUT2D eigenvalue weighted by Crippen LogP contribution is -1.91. The van der Waals surface area contributed by atoms with Crippen LogP contribution in [-0.2, 0) is 7.05 Å². The van der Waals surface area contributed by atoms with Crippen LogP contribution in [0.3, 0.4) is 0 Å². The highest BCUT2D eigenvalue weighted by molar-refractivity contribution is 6.30. The quantitative estimate of drug-likeness (QED) is 0.649. The van der Waals surface area contributed by atoms with Crippen LogP contribution >= 0.6 is 11.6 Å². The number of halogens is 1. The largest absolute Gasteiger partial charge is 0.328 e. The molecule has 1 aromatic heterocycles. The number of aryl methyl sites for hydroxylation is 3. The van der Waals surface area contributed by atoms with Crippen LogP contribution in [0.1, 0.15) is 22.5 Å². The third-order valence-corrected chi connectivity index (χ3v) is 4.08. The Balaban J connectivity index is 2.01. The van der Waals surface area contributed by atoms with E-state index in [1.54, 1.807) is 0 Å². The van der Waals surface area contributed by atoms with Crippen molar-refractivity contribution in [1.82, 2.24) is 9.55 Å². The van der Waals surface area contributed by atoms with Gasteiger partial charge in [0.2, 0.25) is 0 Å². The second-order valence-corrected chi connectivity index (χ2v) is 5.78. The molecule has 0 radical (unpaired) electrons. The maximum atomic E-state index is 5.90. The van der Waals surface area contributed by atoms with Gasteiger partial charge in [-0.15, -0.1) is 0 Å². The van der Waals surface area contributed by atoms with Crippen LogP contribution in [-0.4, -0.2) is 9.55 Å². The molecule has 0 aliphatic heterocycles. The Hall–Kier alpha value is -2.06. The average molecular weight is 297 g/mol. The predicted octanol–water partition coefficient (Wildman–Crippen LogP) is 5.01. The van der Waals surface area contributed by atoms with Crippen LogP contribution in [0.25, 0.3) is 23.2 Å². The molecule has 3 rings (SSSR count). The molecule has 3 heteroatoms. The molecule has 21 heavy (non-hydrogen) atoms. The summed E-state index contributed by atoms with van der Waals surface area (Å²) in [5.41, 5.74) is 5.87. The van der Waals surface area contributed by atoms with Gasteiger partial charge >= 0.3 is 0 Å². The number of hydrogen-bond acceptors (Lipinski definition) is 1. The Morgan fingerprint density at radius 1 is 1.00 bits per heavy atom. The molecule has 0 amide bonds. The molecule has 3 aromatic rings. The SMILES string of the molecule is Cc1cc2nc(/C=C/c3ccc(Cl)cc3)n(C)c2cc1C. The van der Waals surface area contributed by atoms with Gasteiger partial charge in [0.05, 0.1) is 11.0 Å². The highest BCUT2D eigenvalue weighted by Gasteiger charge is 2.06. The van der Waals surface area contributed by atoms with E-state index in [4.69, 9.17) is 16.6 Å². The van der Waals surface area contributed by atoms with Gasteiger partial charge in [-0.1, -0.05) is 29.8 Å². The van der Waals surface area contributed by atoms with Crippen molar-refractivity contribution >= 4 is 34.8 Å². The van der Waals surface area contributed by atoms with Crippen molar-refractivity contribution in [3.05, 3.63) is 63.9 Å². The van der Waals surface area contributed by atoms with Crippen molar-refractivity contribution in [2.45, 2.75) is 13.8 Å². The molecule has 0 saturated carbocycles. The van der Waals surface area contributed by atoms with E-state index < -0.39 is 0 Å². The van der Waals surface area contributed by atoms with E-state index in [0.717, 1.165) is 27.4 Å². The summed E-state index contributed by atoms with van der Waals surface area (Å²) in [5, 5.41) is 0.751. The zero-order chi connectivity index (χ0) is 15.0. The van der Waals surface area contributed by atoms with Crippen molar-refractivity contribution in [2.24, 2.45) is 7.05 Å². The van der Waals surface area contributed by atoms with Crippen LogP contribution in [0, 0.1) is 13.8 Å². The normalized spacial score (nSPS) is 11.6. The first-order chi connectivity index (χ1) is 10.0. The number of fused-ring (bicyclic) bond motifs is 1. The standard InChI is InChI=1S/C18H17ClN2/c1-12-10-16-17(11-13(12)2)21(3)18(20-16)9-6-14-4-7-15(19)8-5-14/h4-11H,1-3H3/b9-6+. The molecule has 2 nitrogen and oxygen atoms in total. The highest BCUT2D eigenvalue weighted by Crippen LogP contribution is 2.21. The molecule has 0 aliphatic rings. The van der Waals surface area contributed by atoms with Crippen molar-refractivity contribution in [3.8, 4) is 0 Å². The topological polar surface area (TPSA) is 17.8 Å². The van der Waals surface area contributed by atoms with Crippen molar-refractivity contribution in [2.75, 3.05) is 0 Å². The van der Waals surface area contributed by atoms with E-state index in [1.165, 1.54) is 11.1 Å². The minimum atomic E-state index is 0.751. The lowest BCUT2D eigenvalue weighted by Gasteiger charge is -2.01. The molecule has 0 atom stereocenters. The Bertz CT molecular complexity index is 827. The van der Waals surface area contributed by atoms with E-state index in [1.807, 2.05) is 37.4 Å². The second kappa shape index (κ2) is 5.38. The maximum Gasteiger partial charge on any atom is 0.133 e. The number of nitrogens with zero attached hydrogens (tertiary/aromatic N) is 2. The van der Waals surface area contributed by atoms with Crippen molar-refractivity contribution in [1.29, 1.82) is 0 Å². The molecular weight excluding hydrogens is 280 g/mol. The number of imidazole rings is 1. The molecule has 0 fully saturated rings. The number of rotatable bonds is 2. The number of aromatic nitrogens is 2. The lowest BCUT2D eigenvalue weighted by atomic mass is 10.1. The molecule has 0 unspecified atom stereocenters. The highest BCUT2D eigenvalue weighted by atomic mass is 35.5. The number of hydrogen-bond donors (Lipinski definition) is 0. The molecule has 2 aromatic carbocycles. The van der Waals surface area contributed by atoms with E-state index in [2.05, 4.69) is 36.6 Å². The Morgan fingerprint density at radius 3 is 2.38 bits per heavy atom. The van der Waals surface area contributed by atoms with Gasteiger partial charge in [-0.25, -0.2) is 4.98 Å². The van der Waals surface area contributed by atoms with Gasteiger partial charge in [0.15, 0.2) is 0 Å². The molecule has 1 heterocycles. The van der Waals surface area contributed by atoms with Gasteiger partial charge in [0.25, 0.3) is 0 Å². The molecule has 0 spiro atoms. The summed E-state index contributed by atoms with van der Waals surface area (Å²) in [6, 6.07) is 12.1. The second-order valence-electron chi connectivity index (χ2n) is 5.34. The fraction of sp³-hybridized carbons (Fsp3) is 0.167. The molecular formula is C18H17ClN2. The first kappa shape index (κ1) is 13.9. The predicted molar refractivity (Wildman–Crippen MR) is 90.6 cm³/mol. The Kier molecular flexibility index (Phi) is 3.56. The Morgan fingerprint density at radius 2 is 1.67 bits per heavy atom. The average Bonchev–Trinajstić information content (AvgIpc) is 2.75. The smallest absolute Gasteiger partial charge is 0.133 e. The van der Waals surface area contributed by atoms with Gasteiger partial charge in [-0.2, -0.15) is 0 Å². The van der Waals surface area contributed by atoms with Crippen molar-refractivity contribution < 1.29 is 0 Å². The van der Waals surface area contributed by atoms with Crippen LogP contribution < -0.4 is 0 Å². The van der Waals surface area contributed by atoms with Crippen LogP contribution in [0.2, 0.25) is 5.02 Å². The molecule has 0 aliphatic carbocycles. The van der Waals surface area contributed by atoms with Crippen molar-refractivity contribution in [3.63, 3.8) is 0 Å². The minimum absolute atomic E-state index is 0.751. The summed E-state index contributed by atoms with van der Waals surface area (Å²) in [5.74, 6) is 0.949. The van der Waals surface area contributed by atoms with Gasteiger partial charge in [-0.05, 0) is 60.9 Å². The fourth-order valence-corrected chi connectivity index (χ4v) is 2.49. The summed E-state index contributed by atoms with van der Waals surface area (Å²) in [6.07, 6.45) is 4.09. The van der Waals surface area contributed by atoms with E-state index >= 15 is 0 Å². The molecule has 0 bridgehead atoms. The first-order valence-electron chi connectivity index (χ1n) is 6.92. The van der Waals surface area contributed by atoms with Crippen LogP contribution in [0.15, 0.2) is 36.4 Å². The van der Waals surface area contributed by atoms with Gasteiger partial charge < -0.3 is 4.57 Å². The summed E-state index contributed by atoms with van der Waals surface area (Å²) in [6.45, 7) is 4.25. The monoisotopic (exact) mass is 296 g/mol. The first-order valence-corrected chi connectivity index (χ1v) is 7.30. The summed E-state index contributed by atoms with van der Waals surface area (Å²) >= 11 is 5.90. The van der Waals surface area contributed by atoms with Gasteiger partial charge in [0.1, 0.15) is 5.82 Å². The summed E-state index contributed by atoms with van der Waals surface area (Å²) in [7, 11) is 2.05. The zero-order valence-electron chi connectivity index (χ0n) is 12.4. The third kappa shape index (κ3) is 2.72. The van der Waals surface area contributed by atoms with Gasteiger partial charge in [-0.3, -0.25) is 0 Å². The maximum absolute atomic E-state index is 5.90. The Labute approximate surface area is 129 Å². The van der Waals surface area contributed by atoms with Crippen LogP contribution in [0.4, 0.5) is 0 Å². The lowest BCUT2D eigenvalue weighted by molar-refractivity contribution is 0.930. The fourth-order valence-electron chi connectivity index (χ4n) is 2.36.